The van der Waals surface area contributed by atoms with E-state index in [9.17, 15) is 0 Å². The molecular formula is C9H19NOS. The molecule has 0 aromatic rings. The van der Waals surface area contributed by atoms with Crippen LogP contribution in [0.5, 0.6) is 0 Å². The van der Waals surface area contributed by atoms with Crippen LogP contribution in [0.1, 0.15) is 26.7 Å². The minimum atomic E-state index is 0.204. The van der Waals surface area contributed by atoms with Gasteiger partial charge in [-0.25, -0.2) is 0 Å². The van der Waals surface area contributed by atoms with Crippen molar-refractivity contribution in [3.05, 3.63) is 0 Å². The van der Waals surface area contributed by atoms with E-state index in [1.54, 1.807) is 7.11 Å². The van der Waals surface area contributed by atoms with Crippen LogP contribution in [-0.2, 0) is 4.74 Å². The van der Waals surface area contributed by atoms with Crippen LogP contribution in [0.2, 0.25) is 0 Å². The van der Waals surface area contributed by atoms with E-state index in [1.165, 1.54) is 12.2 Å². The van der Waals surface area contributed by atoms with E-state index >= 15 is 0 Å². The minimum Gasteiger partial charge on any atom is -0.382 e. The highest BCUT2D eigenvalue weighted by atomic mass is 32.2. The maximum absolute atomic E-state index is 5.23. The van der Waals surface area contributed by atoms with E-state index in [1.807, 2.05) is 11.8 Å². The third-order valence-corrected chi connectivity index (χ3v) is 4.12. The first-order valence-electron chi connectivity index (χ1n) is 4.67. The van der Waals surface area contributed by atoms with Crippen molar-refractivity contribution in [2.45, 2.75) is 37.6 Å². The molecule has 1 saturated heterocycles. The average molecular weight is 189 g/mol. The molecule has 1 fully saturated rings. The number of rotatable bonds is 4. The van der Waals surface area contributed by atoms with E-state index in [2.05, 4.69) is 19.2 Å². The average Bonchev–Trinajstić information content (AvgIpc) is 2.50. The van der Waals surface area contributed by atoms with Gasteiger partial charge in [-0.15, -0.1) is 11.8 Å². The van der Waals surface area contributed by atoms with E-state index < -0.39 is 0 Å². The summed E-state index contributed by atoms with van der Waals surface area (Å²) >= 11 is 2.01. The van der Waals surface area contributed by atoms with Gasteiger partial charge in [-0.2, -0.15) is 0 Å². The van der Waals surface area contributed by atoms with Gasteiger partial charge in [0, 0.05) is 18.9 Å². The zero-order valence-electron chi connectivity index (χ0n) is 8.22. The molecule has 2 nitrogen and oxygen atoms in total. The summed E-state index contributed by atoms with van der Waals surface area (Å²) in [6, 6.07) is 0.685. The Morgan fingerprint density at radius 1 is 1.58 bits per heavy atom. The molecule has 1 aliphatic rings. The first-order valence-corrected chi connectivity index (χ1v) is 5.65. The fraction of sp³-hybridized carbons (Fsp3) is 1.00. The predicted molar refractivity (Wildman–Crippen MR) is 54.6 cm³/mol. The van der Waals surface area contributed by atoms with Gasteiger partial charge >= 0.3 is 0 Å². The smallest absolute Gasteiger partial charge is 0.0881 e. The van der Waals surface area contributed by atoms with Crippen LogP contribution in [0.25, 0.3) is 0 Å². The number of thioether (sulfide) groups is 1. The topological polar surface area (TPSA) is 21.3 Å². The number of hydrogen-bond donors (Lipinski definition) is 1. The molecule has 1 rings (SSSR count). The molecule has 0 aromatic heterocycles. The fourth-order valence-electron chi connectivity index (χ4n) is 1.56. The first-order chi connectivity index (χ1) is 5.76. The maximum atomic E-state index is 5.23. The van der Waals surface area contributed by atoms with Gasteiger partial charge in [-0.05, 0) is 12.8 Å². The molecule has 0 amide bonds. The van der Waals surface area contributed by atoms with E-state index in [4.69, 9.17) is 4.74 Å². The second-order valence-corrected chi connectivity index (χ2v) is 4.74. The van der Waals surface area contributed by atoms with E-state index in [0.29, 0.717) is 6.04 Å². The summed E-state index contributed by atoms with van der Waals surface area (Å²) in [5.74, 6) is 1.23. The quantitative estimate of drug-likeness (QED) is 0.729. The summed E-state index contributed by atoms with van der Waals surface area (Å²) in [6.45, 7) is 5.28. The molecule has 1 aliphatic heterocycles. The molecule has 0 aromatic carbocycles. The summed E-state index contributed by atoms with van der Waals surface area (Å²) < 4.78 is 5.23. The fourth-order valence-corrected chi connectivity index (χ4v) is 3.05. The van der Waals surface area contributed by atoms with Gasteiger partial charge < -0.3 is 4.74 Å². The Bertz CT molecular complexity index is 142. The number of ether oxygens (including phenoxy) is 1. The van der Waals surface area contributed by atoms with Crippen LogP contribution in [0.4, 0.5) is 0 Å². The summed E-state index contributed by atoms with van der Waals surface area (Å²) in [6.07, 6.45) is 2.36. The van der Waals surface area contributed by atoms with Crippen LogP contribution in [-0.4, -0.2) is 30.4 Å². The summed E-state index contributed by atoms with van der Waals surface area (Å²) in [7, 11) is 1.78. The van der Waals surface area contributed by atoms with E-state index in [0.717, 1.165) is 13.0 Å². The molecular weight excluding hydrogens is 170 g/mol. The lowest BCUT2D eigenvalue weighted by Gasteiger charge is -2.27. The Morgan fingerprint density at radius 2 is 2.33 bits per heavy atom. The number of methoxy groups -OCH3 is 1. The summed E-state index contributed by atoms with van der Waals surface area (Å²) in [4.78, 5) is 0.204. The molecule has 0 bridgehead atoms. The third kappa shape index (κ3) is 2.15. The first kappa shape index (κ1) is 10.4. The van der Waals surface area contributed by atoms with Crippen LogP contribution >= 0.6 is 11.8 Å². The number of nitrogens with one attached hydrogen (secondary N) is 1. The Hall–Kier alpha value is 0.270. The van der Waals surface area contributed by atoms with Gasteiger partial charge in [-0.1, -0.05) is 13.8 Å². The molecule has 0 aliphatic carbocycles. The number of hydrogen-bond acceptors (Lipinski definition) is 3. The van der Waals surface area contributed by atoms with Crippen molar-refractivity contribution in [3.63, 3.8) is 0 Å². The summed E-state index contributed by atoms with van der Waals surface area (Å²) in [5.41, 5.74) is 0. The van der Waals surface area contributed by atoms with Crippen molar-refractivity contribution < 1.29 is 4.74 Å². The molecule has 1 heterocycles. The molecule has 0 spiro atoms. The molecule has 0 saturated carbocycles. The third-order valence-electron chi connectivity index (χ3n) is 2.47. The van der Waals surface area contributed by atoms with Crippen molar-refractivity contribution in [1.29, 1.82) is 0 Å². The Kier molecular flexibility index (Phi) is 3.87. The molecule has 3 heteroatoms. The molecule has 12 heavy (non-hydrogen) atoms. The van der Waals surface area contributed by atoms with Crippen molar-refractivity contribution in [2.75, 3.05) is 19.5 Å². The van der Waals surface area contributed by atoms with Crippen molar-refractivity contribution in [2.24, 2.45) is 0 Å². The Balaban J connectivity index is 2.47. The predicted octanol–water partition coefficient (Wildman–Crippen LogP) is 1.85. The van der Waals surface area contributed by atoms with Crippen LogP contribution in [0, 0.1) is 0 Å². The zero-order chi connectivity index (χ0) is 9.03. The Labute approximate surface area is 79.4 Å². The monoisotopic (exact) mass is 189 g/mol. The lowest BCUT2D eigenvalue weighted by atomic mass is 10.2. The second kappa shape index (κ2) is 4.49. The summed E-state index contributed by atoms with van der Waals surface area (Å²) in [5, 5.41) is 3.64. The molecule has 1 N–H and O–H groups in total. The lowest BCUT2D eigenvalue weighted by molar-refractivity contribution is 0.150. The van der Waals surface area contributed by atoms with Crippen LogP contribution in [0.15, 0.2) is 0 Å². The molecule has 0 radical (unpaired) electrons. The van der Waals surface area contributed by atoms with Crippen LogP contribution < -0.4 is 5.32 Å². The van der Waals surface area contributed by atoms with E-state index in [-0.39, 0.29) is 4.87 Å². The van der Waals surface area contributed by atoms with Gasteiger partial charge in [0.15, 0.2) is 0 Å². The van der Waals surface area contributed by atoms with Gasteiger partial charge in [-0.3, -0.25) is 5.32 Å². The van der Waals surface area contributed by atoms with Crippen LogP contribution in [0.3, 0.4) is 0 Å². The molecule has 72 valence electrons. The van der Waals surface area contributed by atoms with Gasteiger partial charge in [0.1, 0.15) is 0 Å². The van der Waals surface area contributed by atoms with Crippen molar-refractivity contribution in [3.8, 4) is 0 Å². The highest BCUT2D eigenvalue weighted by Gasteiger charge is 2.36. The van der Waals surface area contributed by atoms with Crippen molar-refractivity contribution in [1.82, 2.24) is 5.32 Å². The standard InChI is InChI=1S/C9H19NOS/c1-4-8-6-12-9(5-2,10-8)7-11-3/h8,10H,4-7H2,1-3H3. The lowest BCUT2D eigenvalue weighted by Crippen LogP contribution is -2.44. The molecule has 2 unspecified atom stereocenters. The van der Waals surface area contributed by atoms with Gasteiger partial charge in [0.25, 0.3) is 0 Å². The molecule has 2 atom stereocenters. The normalized spacial score (nSPS) is 35.8. The highest BCUT2D eigenvalue weighted by molar-refractivity contribution is 8.00. The van der Waals surface area contributed by atoms with Gasteiger partial charge in [0.2, 0.25) is 0 Å². The minimum absolute atomic E-state index is 0.204. The highest BCUT2D eigenvalue weighted by Crippen LogP contribution is 2.34. The second-order valence-electron chi connectivity index (χ2n) is 3.34. The maximum Gasteiger partial charge on any atom is 0.0881 e. The SMILES string of the molecule is CCC1CSC(CC)(COC)N1. The Morgan fingerprint density at radius 3 is 2.75 bits per heavy atom. The van der Waals surface area contributed by atoms with Crippen molar-refractivity contribution >= 4 is 11.8 Å². The van der Waals surface area contributed by atoms with Gasteiger partial charge in [0.05, 0.1) is 11.5 Å². The largest absolute Gasteiger partial charge is 0.382 e. The zero-order valence-corrected chi connectivity index (χ0v) is 9.04.